The predicted molar refractivity (Wildman–Crippen MR) is 121 cm³/mol. The molecule has 3 rings (SSSR count). The number of nitrogens with one attached hydrogen (secondary N) is 3. The van der Waals surface area contributed by atoms with Crippen molar-refractivity contribution in [3.8, 4) is 11.5 Å². The maximum absolute atomic E-state index is 12.8. The quantitative estimate of drug-likeness (QED) is 0.256. The highest BCUT2D eigenvalue weighted by Crippen LogP contribution is 2.34. The van der Waals surface area contributed by atoms with Gasteiger partial charge in [0.25, 0.3) is 5.91 Å². The molecule has 0 unspecified atom stereocenters. The molecule has 0 atom stereocenters. The van der Waals surface area contributed by atoms with Gasteiger partial charge in [0.1, 0.15) is 17.0 Å². The minimum absolute atomic E-state index is 0.158. The van der Waals surface area contributed by atoms with E-state index >= 15 is 0 Å². The monoisotopic (exact) mass is 482 g/mol. The second-order valence-corrected chi connectivity index (χ2v) is 10.1. The number of anilines is 1. The van der Waals surface area contributed by atoms with Crippen molar-refractivity contribution < 1.29 is 32.3 Å². The second-order valence-electron chi connectivity index (χ2n) is 8.34. The zero-order valence-corrected chi connectivity index (χ0v) is 19.8. The zero-order chi connectivity index (χ0) is 24.2. The highest BCUT2D eigenvalue weighted by atomic mass is 32.2. The molecule has 0 radical (unpaired) electrons. The summed E-state index contributed by atoms with van der Waals surface area (Å²) in [4.78, 5) is 38.5. The third-order valence-electron chi connectivity index (χ3n) is 5.97. The molecule has 0 saturated carbocycles. The molecule has 1 spiro atoms. The van der Waals surface area contributed by atoms with Crippen molar-refractivity contribution in [1.29, 1.82) is 0 Å². The van der Waals surface area contributed by atoms with Crippen LogP contribution in [0.5, 0.6) is 11.5 Å². The number of piperidine rings is 1. The number of methoxy groups -OCH3 is 2. The summed E-state index contributed by atoms with van der Waals surface area (Å²) in [6, 6.07) is 2.49. The number of Topliss-reactive ketones (excluding diaryl/α,β-unsaturated/α-hetero) is 1. The van der Waals surface area contributed by atoms with Crippen molar-refractivity contribution in [1.82, 2.24) is 15.5 Å². The summed E-state index contributed by atoms with van der Waals surface area (Å²) in [5.74, 6) is 0.155. The van der Waals surface area contributed by atoms with Crippen molar-refractivity contribution in [2.45, 2.75) is 37.6 Å². The van der Waals surface area contributed by atoms with Crippen LogP contribution in [-0.4, -0.2) is 76.7 Å². The Kier molecular flexibility index (Phi) is 7.48. The molecule has 2 aliphatic heterocycles. The number of carbonyl (C=O) groups is 3. The molecule has 1 aromatic rings. The van der Waals surface area contributed by atoms with E-state index in [4.69, 9.17) is 9.47 Å². The number of ether oxygens (including phenoxy) is 2. The third kappa shape index (κ3) is 5.93. The van der Waals surface area contributed by atoms with Crippen LogP contribution in [0.2, 0.25) is 0 Å². The average molecular weight is 483 g/mol. The number of ketones is 1. The lowest BCUT2D eigenvalue weighted by molar-refractivity contribution is -0.125. The second kappa shape index (κ2) is 9.96. The minimum atomic E-state index is -3.56. The fourth-order valence-corrected chi connectivity index (χ4v) is 4.75. The summed E-state index contributed by atoms with van der Waals surface area (Å²) in [6.45, 7) is 2.16. The molecule has 33 heavy (non-hydrogen) atoms. The predicted octanol–water partition coefficient (Wildman–Crippen LogP) is 1.10. The molecule has 0 aromatic heterocycles. The first-order valence-electron chi connectivity index (χ1n) is 10.7. The summed E-state index contributed by atoms with van der Waals surface area (Å²) in [7, 11) is -0.718. The minimum Gasteiger partial charge on any atom is -0.496 e. The van der Waals surface area contributed by atoms with Crippen LogP contribution >= 0.6 is 0 Å². The van der Waals surface area contributed by atoms with E-state index in [-0.39, 0.29) is 35.1 Å². The van der Waals surface area contributed by atoms with E-state index in [0.717, 1.165) is 19.2 Å². The molecule has 3 N–H and O–H groups in total. The van der Waals surface area contributed by atoms with Crippen molar-refractivity contribution in [2.24, 2.45) is 0 Å². The van der Waals surface area contributed by atoms with Crippen LogP contribution in [-0.2, 0) is 14.8 Å². The maximum atomic E-state index is 12.8. The SMILES string of the molecule is COc1cc(OC)c(C(=O)CCCCN2CCC3(CC2)NC(=O)NC3=O)cc1NS(C)(=O)=O. The van der Waals surface area contributed by atoms with Gasteiger partial charge in [0.05, 0.1) is 31.7 Å². The van der Waals surface area contributed by atoms with Gasteiger partial charge in [-0.1, -0.05) is 0 Å². The van der Waals surface area contributed by atoms with Crippen molar-refractivity contribution in [2.75, 3.05) is 44.8 Å². The Bertz CT molecular complexity index is 1030. The van der Waals surface area contributed by atoms with Gasteiger partial charge in [-0.25, -0.2) is 13.2 Å². The van der Waals surface area contributed by atoms with E-state index in [1.165, 1.54) is 26.4 Å². The number of imide groups is 1. The lowest BCUT2D eigenvalue weighted by Crippen LogP contribution is -2.54. The molecule has 0 aliphatic carbocycles. The van der Waals surface area contributed by atoms with Gasteiger partial charge in [0.15, 0.2) is 5.78 Å². The van der Waals surface area contributed by atoms with Gasteiger partial charge in [-0.05, 0) is 38.3 Å². The number of likely N-dealkylation sites (tertiary alicyclic amines) is 1. The lowest BCUT2D eigenvalue weighted by Gasteiger charge is -2.36. The highest BCUT2D eigenvalue weighted by Gasteiger charge is 2.47. The number of nitrogens with zero attached hydrogens (tertiary/aromatic N) is 1. The summed E-state index contributed by atoms with van der Waals surface area (Å²) in [5, 5.41) is 5.05. The first kappa shape index (κ1) is 24.8. The van der Waals surface area contributed by atoms with Crippen LogP contribution in [0.3, 0.4) is 0 Å². The number of hydrogen-bond acceptors (Lipinski definition) is 8. The van der Waals surface area contributed by atoms with Gasteiger partial charge in [-0.2, -0.15) is 0 Å². The van der Waals surface area contributed by atoms with Crippen LogP contribution in [0.1, 0.15) is 42.5 Å². The van der Waals surface area contributed by atoms with E-state index in [1.807, 2.05) is 0 Å². The Morgan fingerprint density at radius 1 is 1.12 bits per heavy atom. The Hall–Kier alpha value is -2.86. The summed E-state index contributed by atoms with van der Waals surface area (Å²) in [6.07, 6.45) is 3.84. The molecule has 2 fully saturated rings. The Labute approximate surface area is 193 Å². The van der Waals surface area contributed by atoms with E-state index in [0.29, 0.717) is 38.1 Å². The van der Waals surface area contributed by atoms with Crippen molar-refractivity contribution in [3.05, 3.63) is 17.7 Å². The van der Waals surface area contributed by atoms with Crippen molar-refractivity contribution >= 4 is 33.4 Å². The van der Waals surface area contributed by atoms with Crippen LogP contribution in [0.4, 0.5) is 10.5 Å². The first-order chi connectivity index (χ1) is 15.6. The Balaban J connectivity index is 1.53. The number of benzene rings is 1. The summed E-state index contributed by atoms with van der Waals surface area (Å²) < 4.78 is 36.2. The number of hydrogen-bond donors (Lipinski definition) is 3. The van der Waals surface area contributed by atoms with Crippen LogP contribution < -0.4 is 24.8 Å². The molecule has 2 aliphatic rings. The Morgan fingerprint density at radius 3 is 2.33 bits per heavy atom. The number of unbranched alkanes of at least 4 members (excludes halogenated alkanes) is 1. The molecule has 12 heteroatoms. The van der Waals surface area contributed by atoms with E-state index in [2.05, 4.69) is 20.3 Å². The van der Waals surface area contributed by atoms with Gasteiger partial charge < -0.3 is 19.7 Å². The smallest absolute Gasteiger partial charge is 0.322 e. The molecular weight excluding hydrogens is 452 g/mol. The number of sulfonamides is 1. The van der Waals surface area contributed by atoms with Gasteiger partial charge >= 0.3 is 6.03 Å². The van der Waals surface area contributed by atoms with Crippen LogP contribution in [0.15, 0.2) is 12.1 Å². The lowest BCUT2D eigenvalue weighted by atomic mass is 9.87. The fourth-order valence-electron chi connectivity index (χ4n) is 4.19. The standard InChI is InChI=1S/C21H30N4O7S/c1-31-17-13-18(32-2)15(24-33(3,29)30)12-14(17)16(26)6-4-5-9-25-10-7-21(8-11-25)19(27)22-20(28)23-21/h12-13,24H,4-11H2,1-3H3,(H2,22,23,27,28). The molecule has 1 aromatic carbocycles. The molecule has 182 valence electrons. The molecule has 2 saturated heterocycles. The molecule has 11 nitrogen and oxygen atoms in total. The first-order valence-corrected chi connectivity index (χ1v) is 12.6. The highest BCUT2D eigenvalue weighted by molar-refractivity contribution is 7.92. The van der Waals surface area contributed by atoms with Gasteiger partial charge in [0.2, 0.25) is 10.0 Å². The summed E-state index contributed by atoms with van der Waals surface area (Å²) in [5.41, 5.74) is -0.326. The third-order valence-corrected chi connectivity index (χ3v) is 6.56. The summed E-state index contributed by atoms with van der Waals surface area (Å²) >= 11 is 0. The molecular formula is C21H30N4O7S. The van der Waals surface area contributed by atoms with E-state index in [9.17, 15) is 22.8 Å². The van der Waals surface area contributed by atoms with E-state index in [1.54, 1.807) is 0 Å². The van der Waals surface area contributed by atoms with Gasteiger partial charge in [-0.3, -0.25) is 19.6 Å². The van der Waals surface area contributed by atoms with Crippen LogP contribution in [0, 0.1) is 0 Å². The maximum Gasteiger partial charge on any atom is 0.322 e. The molecule has 2 heterocycles. The largest absolute Gasteiger partial charge is 0.496 e. The zero-order valence-electron chi connectivity index (χ0n) is 19.0. The van der Waals surface area contributed by atoms with E-state index < -0.39 is 21.6 Å². The fraction of sp³-hybridized carbons (Fsp3) is 0.571. The molecule has 0 bridgehead atoms. The Morgan fingerprint density at radius 2 is 1.79 bits per heavy atom. The van der Waals surface area contributed by atoms with Crippen molar-refractivity contribution in [3.63, 3.8) is 0 Å². The number of carbonyl (C=O) groups excluding carboxylic acids is 3. The van der Waals surface area contributed by atoms with Crippen LogP contribution in [0.25, 0.3) is 0 Å². The number of urea groups is 1. The van der Waals surface area contributed by atoms with Gasteiger partial charge in [0, 0.05) is 25.6 Å². The number of amides is 3. The average Bonchev–Trinajstić information content (AvgIpc) is 3.03. The normalized spacial score (nSPS) is 18.0. The van der Waals surface area contributed by atoms with Gasteiger partial charge in [-0.15, -0.1) is 0 Å². The number of rotatable bonds is 10. The topological polar surface area (TPSA) is 143 Å². The molecule has 3 amide bonds.